The van der Waals surface area contributed by atoms with E-state index in [-0.39, 0.29) is 33.7 Å². The molecule has 2 saturated heterocycles. The summed E-state index contributed by atoms with van der Waals surface area (Å²) in [6.45, 7) is 19.9. The van der Waals surface area contributed by atoms with Crippen LogP contribution in [0.15, 0.2) is 0 Å². The number of rotatable bonds is 4. The predicted octanol–water partition coefficient (Wildman–Crippen LogP) is 3.47. The SMILES string of the molecule is CC(C)(C)OC=O.CN.CSC(C)(C)c1nc(C(=O)N2CC[C@@H](C)C2)nc2c1OC[C@]1(C)COC[C@@H](C)N21. The van der Waals surface area contributed by atoms with Crippen LogP contribution in [0, 0.1) is 5.92 Å². The Bertz CT molecular complexity index is 970. The first-order valence-corrected chi connectivity index (χ1v) is 14.4. The van der Waals surface area contributed by atoms with E-state index in [0.717, 1.165) is 31.0 Å². The molecule has 1 aromatic rings. The highest BCUT2D eigenvalue weighted by Crippen LogP contribution is 2.47. The summed E-state index contributed by atoms with van der Waals surface area (Å²) in [5, 5.41) is 0. The van der Waals surface area contributed by atoms with E-state index in [4.69, 9.17) is 19.4 Å². The fourth-order valence-electron chi connectivity index (χ4n) is 4.67. The van der Waals surface area contributed by atoms with Gasteiger partial charge in [0.25, 0.3) is 12.4 Å². The lowest BCUT2D eigenvalue weighted by atomic mass is 9.95. The van der Waals surface area contributed by atoms with Crippen molar-refractivity contribution in [3.63, 3.8) is 0 Å². The number of thioether (sulfide) groups is 1. The molecule has 0 radical (unpaired) electrons. The van der Waals surface area contributed by atoms with Crippen molar-refractivity contribution in [2.24, 2.45) is 11.7 Å². The molecule has 0 aromatic carbocycles. The van der Waals surface area contributed by atoms with Crippen LogP contribution in [0.4, 0.5) is 5.82 Å². The van der Waals surface area contributed by atoms with E-state index in [0.29, 0.717) is 38.0 Å². The molecular formula is C27H47N5O5S. The zero-order chi connectivity index (χ0) is 28.9. The summed E-state index contributed by atoms with van der Waals surface area (Å²) in [5.41, 5.74) is 4.68. The number of nitrogens with two attached hydrogens (primary N) is 1. The predicted molar refractivity (Wildman–Crippen MR) is 152 cm³/mol. The van der Waals surface area contributed by atoms with Gasteiger partial charge in [0.15, 0.2) is 11.6 Å². The fourth-order valence-corrected chi connectivity index (χ4v) is 5.00. The summed E-state index contributed by atoms with van der Waals surface area (Å²) >= 11 is 1.70. The number of morpholine rings is 1. The molecule has 0 saturated carbocycles. The minimum Gasteiger partial charge on any atom is -0.485 e. The fraction of sp³-hybridized carbons (Fsp3) is 0.778. The highest BCUT2D eigenvalue weighted by atomic mass is 32.2. The van der Waals surface area contributed by atoms with E-state index in [1.807, 2.05) is 25.7 Å². The van der Waals surface area contributed by atoms with Crippen LogP contribution in [0.3, 0.4) is 0 Å². The molecule has 3 atom stereocenters. The van der Waals surface area contributed by atoms with Crippen LogP contribution in [0.1, 0.15) is 78.1 Å². The number of nitrogens with zero attached hydrogens (tertiary/aromatic N) is 4. The Morgan fingerprint density at radius 2 is 1.84 bits per heavy atom. The second-order valence-electron chi connectivity index (χ2n) is 11.8. The Balaban J connectivity index is 0.000000491. The third-order valence-electron chi connectivity index (χ3n) is 6.78. The minimum atomic E-state index is -0.318. The van der Waals surface area contributed by atoms with Crippen molar-refractivity contribution in [2.45, 2.75) is 83.7 Å². The molecule has 0 spiro atoms. The number of fused-ring (bicyclic) bond motifs is 3. The van der Waals surface area contributed by atoms with Gasteiger partial charge >= 0.3 is 0 Å². The average molecular weight is 554 g/mol. The number of anilines is 1. The largest absolute Gasteiger partial charge is 0.485 e. The monoisotopic (exact) mass is 553 g/mol. The van der Waals surface area contributed by atoms with Crippen LogP contribution >= 0.6 is 11.8 Å². The van der Waals surface area contributed by atoms with Crippen LogP contribution in [-0.4, -0.2) is 90.6 Å². The molecular weight excluding hydrogens is 506 g/mol. The van der Waals surface area contributed by atoms with E-state index in [2.05, 4.69) is 56.2 Å². The first kappa shape index (κ1) is 32.1. The molecule has 4 heterocycles. The van der Waals surface area contributed by atoms with Gasteiger partial charge in [-0.3, -0.25) is 9.59 Å². The number of carbonyl (C=O) groups excluding carboxylic acids is 2. The zero-order valence-corrected chi connectivity index (χ0v) is 25.6. The minimum absolute atomic E-state index is 0.0801. The third-order valence-corrected chi connectivity index (χ3v) is 8.00. The number of hydrogen-bond acceptors (Lipinski definition) is 10. The van der Waals surface area contributed by atoms with Crippen LogP contribution in [0.2, 0.25) is 0 Å². The Morgan fingerprint density at radius 3 is 2.34 bits per heavy atom. The van der Waals surface area contributed by atoms with Gasteiger partial charge in [0, 0.05) is 13.1 Å². The molecule has 4 rings (SSSR count). The second-order valence-corrected chi connectivity index (χ2v) is 13.2. The molecule has 10 nitrogen and oxygen atoms in total. The van der Waals surface area contributed by atoms with E-state index in [9.17, 15) is 9.59 Å². The zero-order valence-electron chi connectivity index (χ0n) is 24.8. The summed E-state index contributed by atoms with van der Waals surface area (Å²) in [5.74, 6) is 2.16. The summed E-state index contributed by atoms with van der Waals surface area (Å²) in [7, 11) is 1.50. The second kappa shape index (κ2) is 12.8. The molecule has 1 amide bonds. The van der Waals surface area contributed by atoms with Crippen LogP contribution in [0.25, 0.3) is 0 Å². The van der Waals surface area contributed by atoms with Gasteiger partial charge in [-0.2, -0.15) is 11.8 Å². The van der Waals surface area contributed by atoms with Crippen molar-refractivity contribution in [1.82, 2.24) is 14.9 Å². The molecule has 2 fully saturated rings. The van der Waals surface area contributed by atoms with Crippen molar-refractivity contribution >= 4 is 30.0 Å². The Kier molecular flexibility index (Phi) is 10.8. The number of amides is 1. The molecule has 0 aliphatic carbocycles. The molecule has 11 heteroatoms. The van der Waals surface area contributed by atoms with Crippen molar-refractivity contribution in [3.05, 3.63) is 11.5 Å². The lowest BCUT2D eigenvalue weighted by Crippen LogP contribution is -2.64. The Morgan fingerprint density at radius 1 is 1.18 bits per heavy atom. The van der Waals surface area contributed by atoms with Crippen LogP contribution < -0.4 is 15.4 Å². The maximum absolute atomic E-state index is 13.3. The maximum atomic E-state index is 13.3. The quantitative estimate of drug-likeness (QED) is 0.555. The van der Waals surface area contributed by atoms with Gasteiger partial charge in [0.2, 0.25) is 5.82 Å². The lowest BCUT2D eigenvalue weighted by Gasteiger charge is -2.52. The number of carbonyl (C=O) groups is 2. The third kappa shape index (κ3) is 7.30. The number of likely N-dealkylation sites (tertiary alicyclic amines) is 1. The number of ether oxygens (including phenoxy) is 3. The Labute approximate surface area is 232 Å². The van der Waals surface area contributed by atoms with Crippen molar-refractivity contribution in [3.8, 4) is 5.75 Å². The summed E-state index contributed by atoms with van der Waals surface area (Å²) in [6, 6.07) is 0.145. The van der Waals surface area contributed by atoms with Crippen LogP contribution in [-0.2, 0) is 19.0 Å². The average Bonchev–Trinajstić information content (AvgIpc) is 3.29. The first-order chi connectivity index (χ1) is 17.7. The van der Waals surface area contributed by atoms with E-state index < -0.39 is 0 Å². The van der Waals surface area contributed by atoms with Gasteiger partial charge in [-0.1, -0.05) is 6.92 Å². The topological polar surface area (TPSA) is 120 Å². The van der Waals surface area contributed by atoms with Crippen molar-refractivity contribution in [1.29, 1.82) is 0 Å². The number of aromatic nitrogens is 2. The lowest BCUT2D eigenvalue weighted by molar-refractivity contribution is -0.138. The number of hydrogen-bond donors (Lipinski definition) is 1. The molecule has 0 bridgehead atoms. The van der Waals surface area contributed by atoms with Crippen molar-refractivity contribution < 1.29 is 23.8 Å². The van der Waals surface area contributed by atoms with Gasteiger partial charge in [0.05, 0.1) is 29.5 Å². The molecule has 2 N–H and O–H groups in total. The normalized spacial score (nSPS) is 24.5. The summed E-state index contributed by atoms with van der Waals surface area (Å²) < 4.78 is 16.3. The molecule has 3 aliphatic heterocycles. The first-order valence-electron chi connectivity index (χ1n) is 13.2. The van der Waals surface area contributed by atoms with Crippen LogP contribution in [0.5, 0.6) is 5.75 Å². The molecule has 38 heavy (non-hydrogen) atoms. The van der Waals surface area contributed by atoms with E-state index >= 15 is 0 Å². The van der Waals surface area contributed by atoms with E-state index in [1.165, 1.54) is 7.05 Å². The molecule has 216 valence electrons. The van der Waals surface area contributed by atoms with Gasteiger partial charge in [-0.15, -0.1) is 0 Å². The standard InChI is InChI=1S/C21H32N4O3S.C5H10O2.CH5N/c1-13-7-8-24(9-13)19(26)17-22-16(20(3,4)29-6)15-18(23-17)25-14(2)10-27-11-21(25,5)12-28-15;1-5(2,3)7-4-6;1-2/h13-14H,7-12H2,1-6H3;4H,1-3H3;2H2,1H3/t13-,14-,21+;;/m1../s1. The maximum Gasteiger partial charge on any atom is 0.293 e. The van der Waals surface area contributed by atoms with Gasteiger partial charge < -0.3 is 29.7 Å². The summed E-state index contributed by atoms with van der Waals surface area (Å²) in [6.07, 6.45) is 3.09. The molecule has 1 aromatic heterocycles. The highest BCUT2D eigenvalue weighted by molar-refractivity contribution is 7.99. The van der Waals surface area contributed by atoms with Gasteiger partial charge in [-0.05, 0) is 74.1 Å². The summed E-state index contributed by atoms with van der Waals surface area (Å²) in [4.78, 5) is 36.6. The van der Waals surface area contributed by atoms with E-state index in [1.54, 1.807) is 11.8 Å². The van der Waals surface area contributed by atoms with Gasteiger partial charge in [-0.25, -0.2) is 9.97 Å². The molecule has 0 unspecified atom stereocenters. The molecule has 3 aliphatic rings. The highest BCUT2D eigenvalue weighted by Gasteiger charge is 2.47. The van der Waals surface area contributed by atoms with Gasteiger partial charge in [0.1, 0.15) is 17.9 Å². The van der Waals surface area contributed by atoms with Crippen molar-refractivity contribution in [2.75, 3.05) is 51.1 Å². The smallest absolute Gasteiger partial charge is 0.293 e. The Hall–Kier alpha value is -2.11.